The normalized spacial score (nSPS) is 18.8. The van der Waals surface area contributed by atoms with E-state index in [0.29, 0.717) is 0 Å². The van der Waals surface area contributed by atoms with E-state index in [4.69, 9.17) is 4.74 Å². The summed E-state index contributed by atoms with van der Waals surface area (Å²) in [6.07, 6.45) is 2.22. The van der Waals surface area contributed by atoms with Crippen molar-refractivity contribution in [2.45, 2.75) is 18.6 Å². The number of benzene rings is 1. The third-order valence-corrected chi connectivity index (χ3v) is 2.24. The minimum atomic E-state index is -0.0542. The van der Waals surface area contributed by atoms with Gasteiger partial charge in [0.1, 0.15) is 5.72 Å². The van der Waals surface area contributed by atoms with Gasteiger partial charge in [0, 0.05) is 12.8 Å². The predicted octanol–water partition coefficient (Wildman–Crippen LogP) is 2.24. The van der Waals surface area contributed by atoms with Crippen LogP contribution < -0.4 is 5.32 Å². The molecule has 1 aromatic rings. The van der Waals surface area contributed by atoms with Gasteiger partial charge in [-0.3, -0.25) is 0 Å². The Morgan fingerprint density at radius 3 is 2.42 bits per heavy atom. The lowest BCUT2D eigenvalue weighted by Crippen LogP contribution is -2.22. The van der Waals surface area contributed by atoms with Crippen molar-refractivity contribution in [3.05, 3.63) is 30.3 Å². The molecule has 1 aliphatic carbocycles. The Bertz CT molecular complexity index is 254. The first-order chi connectivity index (χ1) is 5.85. The van der Waals surface area contributed by atoms with Gasteiger partial charge in [-0.1, -0.05) is 18.2 Å². The first-order valence-corrected chi connectivity index (χ1v) is 4.23. The third-order valence-electron chi connectivity index (χ3n) is 2.24. The van der Waals surface area contributed by atoms with Crippen molar-refractivity contribution in [3.8, 4) is 0 Å². The van der Waals surface area contributed by atoms with E-state index >= 15 is 0 Å². The molecule has 1 N–H and O–H groups in total. The fourth-order valence-electron chi connectivity index (χ4n) is 1.28. The van der Waals surface area contributed by atoms with E-state index in [9.17, 15) is 0 Å². The molecule has 0 atom stereocenters. The lowest BCUT2D eigenvalue weighted by molar-refractivity contribution is 0.105. The number of ether oxygens (including phenoxy) is 1. The lowest BCUT2D eigenvalue weighted by Gasteiger charge is -2.16. The molecule has 2 rings (SSSR count). The van der Waals surface area contributed by atoms with Gasteiger partial charge in [-0.05, 0) is 25.0 Å². The molecule has 0 bridgehead atoms. The second-order valence-electron chi connectivity index (χ2n) is 3.19. The number of rotatable bonds is 3. The average molecular weight is 163 g/mol. The monoisotopic (exact) mass is 163 g/mol. The fraction of sp³-hybridized carbons (Fsp3) is 0.400. The summed E-state index contributed by atoms with van der Waals surface area (Å²) in [6.45, 7) is 0. The Labute approximate surface area is 72.5 Å². The lowest BCUT2D eigenvalue weighted by atomic mass is 10.3. The smallest absolute Gasteiger partial charge is 0.138 e. The number of methoxy groups -OCH3 is 1. The van der Waals surface area contributed by atoms with Crippen molar-refractivity contribution in [1.29, 1.82) is 0 Å². The number of anilines is 1. The highest BCUT2D eigenvalue weighted by Gasteiger charge is 2.42. The van der Waals surface area contributed by atoms with E-state index in [1.165, 1.54) is 0 Å². The molecule has 0 amide bonds. The summed E-state index contributed by atoms with van der Waals surface area (Å²) in [5.74, 6) is 0. The van der Waals surface area contributed by atoms with Crippen molar-refractivity contribution in [2.24, 2.45) is 0 Å². The maximum absolute atomic E-state index is 5.34. The summed E-state index contributed by atoms with van der Waals surface area (Å²) >= 11 is 0. The van der Waals surface area contributed by atoms with E-state index in [-0.39, 0.29) is 5.72 Å². The Kier molecular flexibility index (Phi) is 1.77. The van der Waals surface area contributed by atoms with Gasteiger partial charge in [0.2, 0.25) is 0 Å². The molecule has 0 radical (unpaired) electrons. The Balaban J connectivity index is 2.04. The van der Waals surface area contributed by atoms with E-state index in [1.807, 2.05) is 18.2 Å². The molecule has 1 fully saturated rings. The molecule has 0 spiro atoms. The number of nitrogens with one attached hydrogen (secondary N) is 1. The van der Waals surface area contributed by atoms with Crippen LogP contribution in [0.3, 0.4) is 0 Å². The van der Waals surface area contributed by atoms with Gasteiger partial charge in [-0.2, -0.15) is 0 Å². The highest BCUT2D eigenvalue weighted by molar-refractivity contribution is 5.45. The molecule has 1 aliphatic rings. The van der Waals surface area contributed by atoms with Crippen LogP contribution in [0.2, 0.25) is 0 Å². The summed E-state index contributed by atoms with van der Waals surface area (Å²) in [5.41, 5.74) is 1.08. The van der Waals surface area contributed by atoms with Gasteiger partial charge in [0.15, 0.2) is 0 Å². The minimum Gasteiger partial charge on any atom is -0.359 e. The van der Waals surface area contributed by atoms with Crippen LogP contribution in [-0.2, 0) is 4.74 Å². The van der Waals surface area contributed by atoms with Crippen LogP contribution in [0.25, 0.3) is 0 Å². The van der Waals surface area contributed by atoms with Crippen LogP contribution >= 0.6 is 0 Å². The van der Waals surface area contributed by atoms with Crippen molar-refractivity contribution in [1.82, 2.24) is 0 Å². The van der Waals surface area contributed by atoms with Gasteiger partial charge >= 0.3 is 0 Å². The summed E-state index contributed by atoms with van der Waals surface area (Å²) in [4.78, 5) is 0. The number of hydrogen-bond acceptors (Lipinski definition) is 2. The van der Waals surface area contributed by atoms with Gasteiger partial charge in [0.05, 0.1) is 0 Å². The summed E-state index contributed by atoms with van der Waals surface area (Å²) in [5, 5.41) is 3.36. The summed E-state index contributed by atoms with van der Waals surface area (Å²) in [7, 11) is 1.75. The van der Waals surface area contributed by atoms with Crippen LogP contribution in [0.1, 0.15) is 12.8 Å². The topological polar surface area (TPSA) is 21.3 Å². The zero-order chi connectivity index (χ0) is 8.44. The molecule has 1 saturated carbocycles. The quantitative estimate of drug-likeness (QED) is 0.690. The first-order valence-electron chi connectivity index (χ1n) is 4.23. The van der Waals surface area contributed by atoms with Crippen LogP contribution in [0.5, 0.6) is 0 Å². The predicted molar refractivity (Wildman–Crippen MR) is 49.0 cm³/mol. The molecular formula is C10H13NO. The van der Waals surface area contributed by atoms with Crippen LogP contribution in [0.4, 0.5) is 5.69 Å². The fourth-order valence-corrected chi connectivity index (χ4v) is 1.28. The van der Waals surface area contributed by atoms with Crippen LogP contribution in [0.15, 0.2) is 30.3 Å². The average Bonchev–Trinajstić information content (AvgIpc) is 2.88. The van der Waals surface area contributed by atoms with Crippen molar-refractivity contribution < 1.29 is 4.74 Å². The van der Waals surface area contributed by atoms with Crippen LogP contribution in [-0.4, -0.2) is 12.8 Å². The van der Waals surface area contributed by atoms with E-state index in [1.54, 1.807) is 7.11 Å². The van der Waals surface area contributed by atoms with Gasteiger partial charge in [0.25, 0.3) is 0 Å². The molecule has 2 heteroatoms. The Hall–Kier alpha value is -1.02. The largest absolute Gasteiger partial charge is 0.359 e. The third kappa shape index (κ3) is 1.43. The van der Waals surface area contributed by atoms with Gasteiger partial charge < -0.3 is 10.1 Å². The molecule has 0 aliphatic heterocycles. The molecule has 0 aromatic heterocycles. The zero-order valence-electron chi connectivity index (χ0n) is 7.21. The van der Waals surface area contributed by atoms with Crippen LogP contribution in [0, 0.1) is 0 Å². The van der Waals surface area contributed by atoms with Gasteiger partial charge in [-0.25, -0.2) is 0 Å². The SMILES string of the molecule is COC1(Nc2ccccc2)CC1. The zero-order valence-corrected chi connectivity index (χ0v) is 7.21. The molecule has 12 heavy (non-hydrogen) atoms. The molecule has 0 saturated heterocycles. The molecule has 0 heterocycles. The maximum Gasteiger partial charge on any atom is 0.138 e. The summed E-state index contributed by atoms with van der Waals surface area (Å²) < 4.78 is 5.34. The van der Waals surface area contributed by atoms with Gasteiger partial charge in [-0.15, -0.1) is 0 Å². The van der Waals surface area contributed by atoms with E-state index in [0.717, 1.165) is 18.5 Å². The molecule has 2 nitrogen and oxygen atoms in total. The summed E-state index contributed by atoms with van der Waals surface area (Å²) in [6, 6.07) is 10.2. The molecule has 1 aromatic carbocycles. The highest BCUT2D eigenvalue weighted by atomic mass is 16.5. The highest BCUT2D eigenvalue weighted by Crippen LogP contribution is 2.39. The maximum atomic E-state index is 5.34. The second kappa shape index (κ2) is 2.79. The Morgan fingerprint density at radius 2 is 1.92 bits per heavy atom. The number of hydrogen-bond donors (Lipinski definition) is 1. The minimum absolute atomic E-state index is 0.0542. The molecule has 64 valence electrons. The van der Waals surface area contributed by atoms with Crippen molar-refractivity contribution >= 4 is 5.69 Å². The molecule has 0 unspecified atom stereocenters. The van der Waals surface area contributed by atoms with E-state index in [2.05, 4.69) is 17.4 Å². The Morgan fingerprint density at radius 1 is 1.25 bits per heavy atom. The standard InChI is InChI=1S/C10H13NO/c1-12-10(7-8-10)11-9-5-3-2-4-6-9/h2-6,11H,7-8H2,1H3. The first kappa shape index (κ1) is 7.62. The molecular weight excluding hydrogens is 150 g/mol. The second-order valence-corrected chi connectivity index (χ2v) is 3.19. The van der Waals surface area contributed by atoms with Crippen molar-refractivity contribution in [3.63, 3.8) is 0 Å². The number of para-hydroxylation sites is 1. The van der Waals surface area contributed by atoms with E-state index < -0.39 is 0 Å². The van der Waals surface area contributed by atoms with Crippen molar-refractivity contribution in [2.75, 3.05) is 12.4 Å².